The maximum Gasteiger partial charge on any atom is 0.146 e. The first-order valence-electron chi connectivity index (χ1n) is 7.44. The number of rotatable bonds is 8. The molecule has 2 atom stereocenters. The van der Waals surface area contributed by atoms with E-state index in [1.807, 2.05) is 24.5 Å². The first kappa shape index (κ1) is 19.3. The molecule has 5 heteroatoms. The highest BCUT2D eigenvalue weighted by molar-refractivity contribution is 7.10. The maximum absolute atomic E-state index is 10.7. The summed E-state index contributed by atoms with van der Waals surface area (Å²) in [6.45, 7) is 8.20. The number of hydrogen-bond donors (Lipinski definition) is 0. The van der Waals surface area contributed by atoms with Gasteiger partial charge in [0.05, 0.1) is 18.9 Å². The van der Waals surface area contributed by atoms with Gasteiger partial charge in [-0.3, -0.25) is 4.79 Å². The standard InChI is InChI=1S/C18H25NO3S/c1-12(2)13(3)18-19-15(11-23-18)7-8-16(21-5)14(4)17(22-6)9-10-20/h7-11,14,16H,1-6H3/b8-7+,17-9+. The number of nitrogens with zero attached hydrogens (tertiary/aromatic N) is 1. The molecule has 1 rings (SSSR count). The van der Waals surface area contributed by atoms with Crippen molar-refractivity contribution in [2.24, 2.45) is 5.92 Å². The molecule has 0 aliphatic heterocycles. The zero-order valence-electron chi connectivity index (χ0n) is 14.6. The van der Waals surface area contributed by atoms with Crippen LogP contribution in [0.15, 0.2) is 28.9 Å². The molecular weight excluding hydrogens is 310 g/mol. The summed E-state index contributed by atoms with van der Waals surface area (Å²) in [5.41, 5.74) is 3.38. The lowest BCUT2D eigenvalue weighted by Crippen LogP contribution is -2.20. The summed E-state index contributed by atoms with van der Waals surface area (Å²) in [6, 6.07) is 0. The van der Waals surface area contributed by atoms with Crippen LogP contribution in [-0.4, -0.2) is 31.6 Å². The largest absolute Gasteiger partial charge is 0.501 e. The van der Waals surface area contributed by atoms with E-state index < -0.39 is 0 Å². The van der Waals surface area contributed by atoms with Crippen LogP contribution in [0.3, 0.4) is 0 Å². The summed E-state index contributed by atoms with van der Waals surface area (Å²) < 4.78 is 10.7. The van der Waals surface area contributed by atoms with Crippen molar-refractivity contribution < 1.29 is 14.3 Å². The van der Waals surface area contributed by atoms with Gasteiger partial charge in [0.25, 0.3) is 0 Å². The molecule has 0 radical (unpaired) electrons. The van der Waals surface area contributed by atoms with E-state index in [2.05, 4.69) is 25.8 Å². The van der Waals surface area contributed by atoms with Gasteiger partial charge in [-0.1, -0.05) is 18.6 Å². The SMILES string of the molecule is CO/C(=C/C=O)C(C)C(/C=C/c1csc(C(C)=C(C)C)n1)OC. The van der Waals surface area contributed by atoms with Gasteiger partial charge in [0.1, 0.15) is 17.1 Å². The van der Waals surface area contributed by atoms with Gasteiger partial charge in [-0.05, 0) is 32.4 Å². The molecule has 1 aromatic rings. The molecule has 0 saturated heterocycles. The van der Waals surface area contributed by atoms with Crippen molar-refractivity contribution in [3.63, 3.8) is 0 Å². The number of thiazole rings is 1. The molecule has 0 N–H and O–H groups in total. The summed E-state index contributed by atoms with van der Waals surface area (Å²) >= 11 is 1.63. The maximum atomic E-state index is 10.7. The molecule has 0 aromatic carbocycles. The molecule has 2 unspecified atom stereocenters. The van der Waals surface area contributed by atoms with Crippen LogP contribution < -0.4 is 0 Å². The zero-order valence-corrected chi connectivity index (χ0v) is 15.4. The van der Waals surface area contributed by atoms with Crippen molar-refractivity contribution in [2.75, 3.05) is 14.2 Å². The highest BCUT2D eigenvalue weighted by Crippen LogP contribution is 2.24. The molecule has 23 heavy (non-hydrogen) atoms. The Bertz CT molecular complexity index is 610. The van der Waals surface area contributed by atoms with Crippen molar-refractivity contribution in [1.29, 1.82) is 0 Å². The lowest BCUT2D eigenvalue weighted by molar-refractivity contribution is -0.104. The molecular formula is C18H25NO3S. The number of ether oxygens (including phenoxy) is 2. The van der Waals surface area contributed by atoms with Crippen LogP contribution in [0.25, 0.3) is 11.6 Å². The van der Waals surface area contributed by atoms with E-state index in [1.54, 1.807) is 25.6 Å². The summed E-state index contributed by atoms with van der Waals surface area (Å²) in [7, 11) is 3.19. The van der Waals surface area contributed by atoms with Crippen LogP contribution in [0.2, 0.25) is 0 Å². The second kappa shape index (κ2) is 9.43. The molecule has 0 bridgehead atoms. The molecule has 4 nitrogen and oxygen atoms in total. The molecule has 0 spiro atoms. The van der Waals surface area contributed by atoms with Crippen molar-refractivity contribution in [2.45, 2.75) is 33.8 Å². The van der Waals surface area contributed by atoms with Gasteiger partial charge in [0.15, 0.2) is 0 Å². The van der Waals surface area contributed by atoms with E-state index in [-0.39, 0.29) is 12.0 Å². The van der Waals surface area contributed by atoms with Crippen LogP contribution in [-0.2, 0) is 14.3 Å². The van der Waals surface area contributed by atoms with Crippen molar-refractivity contribution in [3.05, 3.63) is 39.6 Å². The fourth-order valence-corrected chi connectivity index (χ4v) is 2.93. The molecule has 0 aliphatic carbocycles. The molecule has 1 aromatic heterocycles. The van der Waals surface area contributed by atoms with E-state index in [4.69, 9.17) is 9.47 Å². The zero-order chi connectivity index (χ0) is 17.4. The van der Waals surface area contributed by atoms with Crippen LogP contribution in [0.1, 0.15) is 38.4 Å². The predicted molar refractivity (Wildman–Crippen MR) is 96.2 cm³/mol. The molecule has 126 valence electrons. The van der Waals surface area contributed by atoms with Gasteiger partial charge < -0.3 is 9.47 Å². The normalized spacial score (nSPS) is 14.6. The Labute approximate surface area is 142 Å². The summed E-state index contributed by atoms with van der Waals surface area (Å²) in [5, 5.41) is 3.05. The summed E-state index contributed by atoms with van der Waals surface area (Å²) in [6.07, 6.45) is 5.83. The van der Waals surface area contributed by atoms with Gasteiger partial charge >= 0.3 is 0 Å². The Morgan fingerprint density at radius 2 is 2.00 bits per heavy atom. The highest BCUT2D eigenvalue weighted by Gasteiger charge is 2.19. The number of aldehydes is 1. The van der Waals surface area contributed by atoms with Crippen molar-refractivity contribution >= 4 is 29.3 Å². The van der Waals surface area contributed by atoms with Gasteiger partial charge in [-0.2, -0.15) is 0 Å². The predicted octanol–water partition coefficient (Wildman–Crippen LogP) is 4.35. The Hall–Kier alpha value is -1.72. The van der Waals surface area contributed by atoms with Crippen LogP contribution in [0, 0.1) is 5.92 Å². The molecule has 1 heterocycles. The number of carbonyl (C=O) groups excluding carboxylic acids is 1. The van der Waals surface area contributed by atoms with Gasteiger partial charge in [-0.25, -0.2) is 4.98 Å². The summed E-state index contributed by atoms with van der Waals surface area (Å²) in [4.78, 5) is 15.3. The molecule has 0 fully saturated rings. The Balaban J connectivity index is 2.91. The third-order valence-electron chi connectivity index (χ3n) is 3.73. The van der Waals surface area contributed by atoms with Gasteiger partial charge in [0.2, 0.25) is 0 Å². The van der Waals surface area contributed by atoms with Crippen LogP contribution >= 0.6 is 11.3 Å². The average Bonchev–Trinajstić information content (AvgIpc) is 3.00. The minimum Gasteiger partial charge on any atom is -0.501 e. The monoisotopic (exact) mass is 335 g/mol. The lowest BCUT2D eigenvalue weighted by atomic mass is 10.0. The van der Waals surface area contributed by atoms with E-state index in [1.165, 1.54) is 17.2 Å². The van der Waals surface area contributed by atoms with Crippen molar-refractivity contribution in [3.8, 4) is 0 Å². The highest BCUT2D eigenvalue weighted by atomic mass is 32.1. The van der Waals surface area contributed by atoms with Crippen molar-refractivity contribution in [1.82, 2.24) is 4.98 Å². The minimum atomic E-state index is -0.198. The van der Waals surface area contributed by atoms with E-state index >= 15 is 0 Å². The number of allylic oxidation sites excluding steroid dienone is 3. The topological polar surface area (TPSA) is 48.4 Å². The number of carbonyl (C=O) groups is 1. The quantitative estimate of drug-likeness (QED) is 0.402. The second-order valence-corrected chi connectivity index (χ2v) is 6.32. The lowest BCUT2D eigenvalue weighted by Gasteiger charge is -2.21. The Kier molecular flexibility index (Phi) is 7.92. The number of methoxy groups -OCH3 is 2. The van der Waals surface area contributed by atoms with Gasteiger partial charge in [-0.15, -0.1) is 11.3 Å². The first-order valence-corrected chi connectivity index (χ1v) is 8.32. The number of aromatic nitrogens is 1. The van der Waals surface area contributed by atoms with Gasteiger partial charge in [0, 0.05) is 24.5 Å². The van der Waals surface area contributed by atoms with E-state index in [0.29, 0.717) is 5.76 Å². The average molecular weight is 335 g/mol. The third-order valence-corrected chi connectivity index (χ3v) is 4.71. The molecule has 0 saturated carbocycles. The third kappa shape index (κ3) is 5.44. The molecule has 0 amide bonds. The van der Waals surface area contributed by atoms with Crippen LogP contribution in [0.4, 0.5) is 0 Å². The van der Waals surface area contributed by atoms with Crippen LogP contribution in [0.5, 0.6) is 0 Å². The summed E-state index contributed by atoms with van der Waals surface area (Å²) in [5.74, 6) is 0.528. The molecule has 0 aliphatic rings. The Morgan fingerprint density at radius 1 is 1.30 bits per heavy atom. The minimum absolute atomic E-state index is 0.0657. The Morgan fingerprint density at radius 3 is 2.52 bits per heavy atom. The smallest absolute Gasteiger partial charge is 0.146 e. The fourth-order valence-electron chi connectivity index (χ4n) is 2.03. The second-order valence-electron chi connectivity index (χ2n) is 5.46. The first-order chi connectivity index (χ1) is 10.9. The van der Waals surface area contributed by atoms with E-state index in [9.17, 15) is 4.79 Å². The number of hydrogen-bond acceptors (Lipinski definition) is 5. The van der Waals surface area contributed by atoms with E-state index in [0.717, 1.165) is 17.0 Å². The fraction of sp³-hybridized carbons (Fsp3) is 0.444.